The highest BCUT2D eigenvalue weighted by atomic mass is 15.1. The zero-order valence-corrected chi connectivity index (χ0v) is 12.5. The monoisotopic (exact) mass is 252 g/mol. The van der Waals surface area contributed by atoms with Crippen LogP contribution in [-0.2, 0) is 0 Å². The summed E-state index contributed by atoms with van der Waals surface area (Å²) in [4.78, 5) is 2.74. The Balaban J connectivity index is 1.87. The van der Waals surface area contributed by atoms with Crippen LogP contribution in [0, 0.1) is 11.3 Å². The van der Waals surface area contributed by atoms with Crippen LogP contribution in [0.15, 0.2) is 0 Å². The maximum absolute atomic E-state index is 3.64. The van der Waals surface area contributed by atoms with Gasteiger partial charge in [-0.25, -0.2) is 0 Å². The summed E-state index contributed by atoms with van der Waals surface area (Å²) in [6, 6.07) is 0. The minimum atomic E-state index is 0.576. The third-order valence-electron chi connectivity index (χ3n) is 5.09. The number of hydrogen-bond donors (Lipinski definition) is 1. The van der Waals surface area contributed by atoms with E-state index in [0.717, 1.165) is 5.92 Å². The molecule has 0 amide bonds. The molecule has 0 aromatic rings. The number of nitrogens with one attached hydrogen (secondary N) is 1. The lowest BCUT2D eigenvalue weighted by Crippen LogP contribution is -2.48. The SMILES string of the molecule is CCCC1(CN(CC)CC2CCC2)CCCNC1. The van der Waals surface area contributed by atoms with Crippen LogP contribution in [0.1, 0.15) is 58.8 Å². The third kappa shape index (κ3) is 3.71. The highest BCUT2D eigenvalue weighted by Crippen LogP contribution is 2.34. The lowest BCUT2D eigenvalue weighted by molar-refractivity contribution is 0.0858. The summed E-state index contributed by atoms with van der Waals surface area (Å²) in [6.07, 6.45) is 9.99. The lowest BCUT2D eigenvalue weighted by atomic mass is 9.76. The summed E-state index contributed by atoms with van der Waals surface area (Å²) < 4.78 is 0. The van der Waals surface area contributed by atoms with E-state index < -0.39 is 0 Å². The molecule has 0 radical (unpaired) electrons. The number of rotatable bonds is 7. The van der Waals surface area contributed by atoms with Crippen LogP contribution in [0.2, 0.25) is 0 Å². The molecule has 2 fully saturated rings. The standard InChI is InChI=1S/C16H32N2/c1-3-9-16(10-6-11-17-13-16)14-18(4-2)12-15-7-5-8-15/h15,17H,3-14H2,1-2H3. The van der Waals surface area contributed by atoms with E-state index in [1.165, 1.54) is 77.7 Å². The van der Waals surface area contributed by atoms with Gasteiger partial charge in [-0.2, -0.15) is 0 Å². The summed E-state index contributed by atoms with van der Waals surface area (Å²) in [5.41, 5.74) is 0.576. The Morgan fingerprint density at radius 1 is 1.22 bits per heavy atom. The molecule has 106 valence electrons. The molecular formula is C16H32N2. The second kappa shape index (κ2) is 6.91. The van der Waals surface area contributed by atoms with Crippen LogP contribution in [-0.4, -0.2) is 37.6 Å². The molecule has 0 aromatic carbocycles. The first-order valence-corrected chi connectivity index (χ1v) is 8.21. The second-order valence-electron chi connectivity index (χ2n) is 6.65. The fourth-order valence-electron chi connectivity index (χ4n) is 3.81. The van der Waals surface area contributed by atoms with Crippen LogP contribution >= 0.6 is 0 Å². The average molecular weight is 252 g/mol. The first kappa shape index (κ1) is 14.3. The topological polar surface area (TPSA) is 15.3 Å². The Bertz CT molecular complexity index is 224. The summed E-state index contributed by atoms with van der Waals surface area (Å²) in [5, 5.41) is 3.64. The molecule has 2 aliphatic rings. The van der Waals surface area contributed by atoms with Crippen molar-refractivity contribution in [3.63, 3.8) is 0 Å². The van der Waals surface area contributed by atoms with Gasteiger partial charge in [0, 0.05) is 19.6 Å². The molecule has 2 heteroatoms. The van der Waals surface area contributed by atoms with Gasteiger partial charge in [-0.1, -0.05) is 26.7 Å². The molecule has 2 nitrogen and oxygen atoms in total. The predicted molar refractivity (Wildman–Crippen MR) is 78.9 cm³/mol. The van der Waals surface area contributed by atoms with Gasteiger partial charge in [-0.15, -0.1) is 0 Å². The van der Waals surface area contributed by atoms with Crippen molar-refractivity contribution in [2.45, 2.75) is 58.8 Å². The Hall–Kier alpha value is -0.0800. The normalized spacial score (nSPS) is 29.5. The molecule has 1 aliphatic heterocycles. The molecule has 0 bridgehead atoms. The molecule has 0 spiro atoms. The summed E-state index contributed by atoms with van der Waals surface area (Å²) >= 11 is 0. The minimum absolute atomic E-state index is 0.576. The van der Waals surface area contributed by atoms with Gasteiger partial charge in [0.2, 0.25) is 0 Å². The first-order valence-electron chi connectivity index (χ1n) is 8.21. The molecule has 1 saturated heterocycles. The van der Waals surface area contributed by atoms with Crippen LogP contribution in [0.3, 0.4) is 0 Å². The van der Waals surface area contributed by atoms with E-state index in [2.05, 4.69) is 24.1 Å². The third-order valence-corrected chi connectivity index (χ3v) is 5.09. The molecule has 0 aromatic heterocycles. The van der Waals surface area contributed by atoms with Crippen molar-refractivity contribution in [2.75, 3.05) is 32.7 Å². The molecule has 1 unspecified atom stereocenters. The van der Waals surface area contributed by atoms with E-state index in [1.807, 2.05) is 0 Å². The maximum atomic E-state index is 3.64. The minimum Gasteiger partial charge on any atom is -0.316 e. The van der Waals surface area contributed by atoms with E-state index in [9.17, 15) is 0 Å². The molecular weight excluding hydrogens is 220 g/mol. The van der Waals surface area contributed by atoms with E-state index in [1.54, 1.807) is 0 Å². The van der Waals surface area contributed by atoms with Gasteiger partial charge in [0.05, 0.1) is 0 Å². The number of nitrogens with zero attached hydrogens (tertiary/aromatic N) is 1. The van der Waals surface area contributed by atoms with Crippen molar-refractivity contribution < 1.29 is 0 Å². The van der Waals surface area contributed by atoms with Crippen LogP contribution in [0.4, 0.5) is 0 Å². The molecule has 1 N–H and O–H groups in total. The van der Waals surface area contributed by atoms with Crippen molar-refractivity contribution in [1.29, 1.82) is 0 Å². The largest absolute Gasteiger partial charge is 0.316 e. The number of hydrogen-bond acceptors (Lipinski definition) is 2. The van der Waals surface area contributed by atoms with Gasteiger partial charge in [0.15, 0.2) is 0 Å². The van der Waals surface area contributed by atoms with Crippen molar-refractivity contribution in [2.24, 2.45) is 11.3 Å². The highest BCUT2D eigenvalue weighted by molar-refractivity contribution is 4.88. The smallest absolute Gasteiger partial charge is 0.00501 e. The van der Waals surface area contributed by atoms with Gasteiger partial charge >= 0.3 is 0 Å². The molecule has 1 aliphatic carbocycles. The summed E-state index contributed by atoms with van der Waals surface area (Å²) in [6.45, 7) is 11.1. The van der Waals surface area contributed by atoms with Gasteiger partial charge < -0.3 is 10.2 Å². The quantitative estimate of drug-likeness (QED) is 0.748. The van der Waals surface area contributed by atoms with Crippen molar-refractivity contribution in [1.82, 2.24) is 10.2 Å². The molecule has 18 heavy (non-hydrogen) atoms. The molecule has 1 saturated carbocycles. The maximum Gasteiger partial charge on any atom is 0.00501 e. The van der Waals surface area contributed by atoms with Gasteiger partial charge in [0.1, 0.15) is 0 Å². The Morgan fingerprint density at radius 3 is 2.56 bits per heavy atom. The van der Waals surface area contributed by atoms with Gasteiger partial charge in [0.25, 0.3) is 0 Å². The van der Waals surface area contributed by atoms with Crippen molar-refractivity contribution in [3.05, 3.63) is 0 Å². The molecule has 1 heterocycles. The molecule has 1 atom stereocenters. The summed E-state index contributed by atoms with van der Waals surface area (Å²) in [5.74, 6) is 1.01. The zero-order chi connectivity index (χ0) is 12.8. The van der Waals surface area contributed by atoms with Crippen LogP contribution in [0.25, 0.3) is 0 Å². The lowest BCUT2D eigenvalue weighted by Gasteiger charge is -2.43. The van der Waals surface area contributed by atoms with Crippen molar-refractivity contribution in [3.8, 4) is 0 Å². The summed E-state index contributed by atoms with van der Waals surface area (Å²) in [7, 11) is 0. The van der Waals surface area contributed by atoms with Gasteiger partial charge in [-0.05, 0) is 56.5 Å². The van der Waals surface area contributed by atoms with E-state index in [4.69, 9.17) is 0 Å². The number of piperidine rings is 1. The average Bonchev–Trinajstić information content (AvgIpc) is 2.33. The van der Waals surface area contributed by atoms with E-state index in [-0.39, 0.29) is 0 Å². The Labute approximate surface area is 114 Å². The Morgan fingerprint density at radius 2 is 2.06 bits per heavy atom. The second-order valence-corrected chi connectivity index (χ2v) is 6.65. The van der Waals surface area contributed by atoms with Crippen LogP contribution in [0.5, 0.6) is 0 Å². The predicted octanol–water partition coefficient (Wildman–Crippen LogP) is 3.28. The highest BCUT2D eigenvalue weighted by Gasteiger charge is 2.33. The van der Waals surface area contributed by atoms with E-state index in [0.29, 0.717) is 5.41 Å². The fourth-order valence-corrected chi connectivity index (χ4v) is 3.81. The first-order chi connectivity index (χ1) is 8.78. The fraction of sp³-hybridized carbons (Fsp3) is 1.00. The molecule has 2 rings (SSSR count). The van der Waals surface area contributed by atoms with Crippen LogP contribution < -0.4 is 5.32 Å². The Kier molecular flexibility index (Phi) is 5.50. The van der Waals surface area contributed by atoms with E-state index >= 15 is 0 Å². The zero-order valence-electron chi connectivity index (χ0n) is 12.5. The van der Waals surface area contributed by atoms with Crippen molar-refractivity contribution >= 4 is 0 Å². The van der Waals surface area contributed by atoms with Gasteiger partial charge in [-0.3, -0.25) is 0 Å².